The van der Waals surface area contributed by atoms with E-state index in [-0.39, 0.29) is 17.2 Å². The van der Waals surface area contributed by atoms with Crippen molar-refractivity contribution in [3.8, 4) is 0 Å². The molecule has 0 unspecified atom stereocenters. The number of piperidine rings is 1. The second-order valence-corrected chi connectivity index (χ2v) is 7.47. The molecular weight excluding hydrogens is 222 g/mol. The van der Waals surface area contributed by atoms with Crippen LogP contribution in [0.25, 0.3) is 0 Å². The second kappa shape index (κ2) is 6.36. The van der Waals surface area contributed by atoms with Crippen LogP contribution in [0.3, 0.4) is 0 Å². The first-order chi connectivity index (χ1) is 8.20. The largest absolute Gasteiger partial charge is 0.316 e. The Morgan fingerprint density at radius 3 is 2.06 bits per heavy atom. The minimum absolute atomic E-state index is 0.123. The lowest BCUT2D eigenvalue weighted by molar-refractivity contribution is 0.122. The van der Waals surface area contributed by atoms with Crippen LogP contribution in [0.4, 0.5) is 0 Å². The summed E-state index contributed by atoms with van der Waals surface area (Å²) >= 11 is 0. The Balaban J connectivity index is 2.25. The molecule has 1 aliphatic heterocycles. The van der Waals surface area contributed by atoms with Gasteiger partial charge in [-0.1, -0.05) is 25.7 Å². The fourth-order valence-corrected chi connectivity index (χ4v) is 3.73. The van der Waals surface area contributed by atoms with E-state index in [1.54, 1.807) is 0 Å². The van der Waals surface area contributed by atoms with Gasteiger partial charge >= 0.3 is 0 Å². The normalized spacial score (nSPS) is 23.5. The zero-order valence-electron chi connectivity index (χ0n) is 12.8. The van der Waals surface area contributed by atoms with E-state index in [0.29, 0.717) is 0 Å². The number of hydrogen-bond acceptors (Lipinski definition) is 3. The van der Waals surface area contributed by atoms with Crippen LogP contribution in [0.1, 0.15) is 72.6 Å². The highest BCUT2D eigenvalue weighted by Gasteiger charge is 2.36. The van der Waals surface area contributed by atoms with Crippen LogP contribution in [0.2, 0.25) is 0 Å². The summed E-state index contributed by atoms with van der Waals surface area (Å²) in [5, 5.41) is 3.75. The van der Waals surface area contributed by atoms with Gasteiger partial charge in [0.1, 0.15) is 0 Å². The van der Waals surface area contributed by atoms with Crippen molar-refractivity contribution >= 4 is 0 Å². The summed E-state index contributed by atoms with van der Waals surface area (Å²) in [6, 6.07) is 0. The van der Waals surface area contributed by atoms with Crippen LogP contribution in [-0.4, -0.2) is 17.2 Å². The van der Waals surface area contributed by atoms with E-state index in [9.17, 15) is 0 Å². The minimum Gasteiger partial charge on any atom is -0.316 e. The average Bonchev–Trinajstić information content (AvgIpc) is 2.11. The van der Waals surface area contributed by atoms with Crippen LogP contribution in [0.15, 0.2) is 0 Å². The topological polar surface area (TPSA) is 64.1 Å². The molecule has 3 heteroatoms. The van der Waals surface area contributed by atoms with E-state index in [4.69, 9.17) is 11.5 Å². The Morgan fingerprint density at radius 1 is 1.00 bits per heavy atom. The zero-order valence-corrected chi connectivity index (χ0v) is 12.8. The van der Waals surface area contributed by atoms with Gasteiger partial charge in [0.05, 0.1) is 6.17 Å². The van der Waals surface area contributed by atoms with Gasteiger partial charge in [0.25, 0.3) is 0 Å². The van der Waals surface area contributed by atoms with Crippen molar-refractivity contribution in [3.63, 3.8) is 0 Å². The smallest absolute Gasteiger partial charge is 0.0520 e. The molecule has 1 aliphatic rings. The highest BCUT2D eigenvalue weighted by atomic mass is 15.0. The SMILES string of the molecule is CC1(C)CC(CCCCCC(N)N)CC(C)(C)N1. The summed E-state index contributed by atoms with van der Waals surface area (Å²) in [5.74, 6) is 0.864. The van der Waals surface area contributed by atoms with Crippen LogP contribution in [0.5, 0.6) is 0 Å². The van der Waals surface area contributed by atoms with Gasteiger partial charge in [0.2, 0.25) is 0 Å². The lowest BCUT2D eigenvalue weighted by atomic mass is 9.74. The van der Waals surface area contributed by atoms with Gasteiger partial charge in [0, 0.05) is 11.1 Å². The molecule has 108 valence electrons. The molecule has 5 N–H and O–H groups in total. The van der Waals surface area contributed by atoms with Crippen LogP contribution < -0.4 is 16.8 Å². The van der Waals surface area contributed by atoms with Gasteiger partial charge in [-0.05, 0) is 52.9 Å². The van der Waals surface area contributed by atoms with Gasteiger partial charge < -0.3 is 16.8 Å². The number of nitrogens with one attached hydrogen (secondary N) is 1. The number of unbranched alkanes of at least 4 members (excludes halogenated alkanes) is 2. The number of rotatable bonds is 6. The molecule has 0 aromatic carbocycles. The molecule has 0 amide bonds. The van der Waals surface area contributed by atoms with Crippen molar-refractivity contribution in [3.05, 3.63) is 0 Å². The fraction of sp³-hybridized carbons (Fsp3) is 1.00. The first-order valence-electron chi connectivity index (χ1n) is 7.51. The van der Waals surface area contributed by atoms with Crippen molar-refractivity contribution in [2.45, 2.75) is 89.9 Å². The Kier molecular flexibility index (Phi) is 5.63. The number of nitrogens with two attached hydrogens (primary N) is 2. The van der Waals surface area contributed by atoms with Crippen LogP contribution in [-0.2, 0) is 0 Å². The molecule has 0 saturated carbocycles. The summed E-state index contributed by atoms with van der Waals surface area (Å²) in [6.45, 7) is 9.31. The minimum atomic E-state index is -0.123. The van der Waals surface area contributed by atoms with Gasteiger partial charge in [-0.3, -0.25) is 0 Å². The van der Waals surface area contributed by atoms with E-state index in [1.165, 1.54) is 38.5 Å². The molecule has 1 saturated heterocycles. The Morgan fingerprint density at radius 2 is 1.56 bits per heavy atom. The van der Waals surface area contributed by atoms with E-state index in [1.807, 2.05) is 0 Å². The summed E-state index contributed by atoms with van der Waals surface area (Å²) < 4.78 is 0. The average molecular weight is 255 g/mol. The van der Waals surface area contributed by atoms with Crippen molar-refractivity contribution in [2.24, 2.45) is 17.4 Å². The van der Waals surface area contributed by atoms with E-state index >= 15 is 0 Å². The maximum atomic E-state index is 5.56. The molecule has 3 nitrogen and oxygen atoms in total. The fourth-order valence-electron chi connectivity index (χ4n) is 3.73. The molecule has 0 spiro atoms. The maximum absolute atomic E-state index is 5.56. The van der Waals surface area contributed by atoms with Crippen molar-refractivity contribution in [2.75, 3.05) is 0 Å². The van der Waals surface area contributed by atoms with E-state index in [0.717, 1.165) is 12.3 Å². The molecule has 0 aromatic heterocycles. The van der Waals surface area contributed by atoms with Crippen molar-refractivity contribution in [1.29, 1.82) is 0 Å². The third kappa shape index (κ3) is 6.17. The van der Waals surface area contributed by atoms with Gasteiger partial charge in [-0.15, -0.1) is 0 Å². The van der Waals surface area contributed by atoms with Crippen LogP contribution >= 0.6 is 0 Å². The predicted molar refractivity (Wildman–Crippen MR) is 79.3 cm³/mol. The van der Waals surface area contributed by atoms with E-state index < -0.39 is 0 Å². The van der Waals surface area contributed by atoms with Crippen molar-refractivity contribution in [1.82, 2.24) is 5.32 Å². The first-order valence-corrected chi connectivity index (χ1v) is 7.51. The second-order valence-electron chi connectivity index (χ2n) is 7.47. The van der Waals surface area contributed by atoms with Gasteiger partial charge in [-0.2, -0.15) is 0 Å². The lowest BCUT2D eigenvalue weighted by Gasteiger charge is -2.46. The molecular formula is C15H33N3. The summed E-state index contributed by atoms with van der Waals surface area (Å²) in [4.78, 5) is 0. The standard InChI is InChI=1S/C15H33N3/c1-14(2)10-12(11-15(3,4)18-14)8-6-5-7-9-13(16)17/h12-13,18H,5-11,16-17H2,1-4H3. The Bertz CT molecular complexity index is 230. The summed E-state index contributed by atoms with van der Waals surface area (Å²) in [5.41, 5.74) is 11.7. The highest BCUT2D eigenvalue weighted by molar-refractivity contribution is 4.96. The molecule has 0 bridgehead atoms. The van der Waals surface area contributed by atoms with E-state index in [2.05, 4.69) is 33.0 Å². The summed E-state index contributed by atoms with van der Waals surface area (Å²) in [7, 11) is 0. The molecule has 0 aliphatic carbocycles. The monoisotopic (exact) mass is 255 g/mol. The molecule has 0 radical (unpaired) electrons. The summed E-state index contributed by atoms with van der Waals surface area (Å²) in [6.07, 6.45) is 8.56. The first kappa shape index (κ1) is 15.9. The molecule has 18 heavy (non-hydrogen) atoms. The Hall–Kier alpha value is -0.120. The predicted octanol–water partition coefficient (Wildman–Crippen LogP) is 2.74. The molecule has 0 atom stereocenters. The van der Waals surface area contributed by atoms with Crippen LogP contribution in [0, 0.1) is 5.92 Å². The molecule has 0 aromatic rings. The third-order valence-corrected chi connectivity index (χ3v) is 3.92. The van der Waals surface area contributed by atoms with Crippen molar-refractivity contribution < 1.29 is 0 Å². The lowest BCUT2D eigenvalue weighted by Crippen LogP contribution is -2.57. The third-order valence-electron chi connectivity index (χ3n) is 3.92. The molecule has 1 heterocycles. The number of hydrogen-bond donors (Lipinski definition) is 3. The molecule has 1 rings (SSSR count). The van der Waals surface area contributed by atoms with Gasteiger partial charge in [-0.25, -0.2) is 0 Å². The zero-order chi connectivity index (χ0) is 13.8. The Labute approximate surface area is 113 Å². The van der Waals surface area contributed by atoms with Gasteiger partial charge in [0.15, 0.2) is 0 Å². The molecule has 1 fully saturated rings. The highest BCUT2D eigenvalue weighted by Crippen LogP contribution is 2.35. The quantitative estimate of drug-likeness (QED) is 0.505. The maximum Gasteiger partial charge on any atom is 0.0520 e.